The van der Waals surface area contributed by atoms with Gasteiger partial charge in [0.25, 0.3) is 0 Å². The molecule has 120 valence electrons. The monoisotopic (exact) mass is 296 g/mol. The third-order valence-corrected chi connectivity index (χ3v) is 5.10. The second-order valence-corrected chi connectivity index (χ2v) is 7.18. The largest absolute Gasteiger partial charge is 0.445 e. The van der Waals surface area contributed by atoms with Gasteiger partial charge < -0.3 is 14.4 Å². The molecular formula is C16H28N2O3. The van der Waals surface area contributed by atoms with Crippen molar-refractivity contribution in [3.8, 4) is 0 Å². The summed E-state index contributed by atoms with van der Waals surface area (Å²) in [6, 6.07) is 0. The van der Waals surface area contributed by atoms with E-state index in [0.717, 1.165) is 13.0 Å². The van der Waals surface area contributed by atoms with Crippen LogP contribution in [0, 0.1) is 5.92 Å². The second-order valence-electron chi connectivity index (χ2n) is 7.18. The average molecular weight is 296 g/mol. The van der Waals surface area contributed by atoms with Gasteiger partial charge in [-0.05, 0) is 31.7 Å². The van der Waals surface area contributed by atoms with Crippen LogP contribution < -0.4 is 0 Å². The first-order chi connectivity index (χ1) is 10.1. The first-order valence-electron chi connectivity index (χ1n) is 8.37. The first-order valence-corrected chi connectivity index (χ1v) is 8.37. The fourth-order valence-corrected chi connectivity index (χ4v) is 4.36. The standard InChI is InChI=1S/C16H28N2O3/c1-13(2)10-16-4-3-5-18(16)12-14(11-16)21-15(19)17-6-8-20-9-7-17/h13-14H,3-12H2,1-2H3/t14-,16-/m1/s1. The molecule has 0 spiro atoms. The van der Waals surface area contributed by atoms with E-state index in [1.807, 2.05) is 0 Å². The van der Waals surface area contributed by atoms with Crippen molar-refractivity contribution in [2.24, 2.45) is 5.92 Å². The number of fused-ring (bicyclic) bond motifs is 1. The van der Waals surface area contributed by atoms with Crippen molar-refractivity contribution in [2.45, 2.75) is 51.2 Å². The van der Waals surface area contributed by atoms with E-state index in [2.05, 4.69) is 18.7 Å². The van der Waals surface area contributed by atoms with Gasteiger partial charge in [-0.2, -0.15) is 0 Å². The summed E-state index contributed by atoms with van der Waals surface area (Å²) in [7, 11) is 0. The molecule has 21 heavy (non-hydrogen) atoms. The van der Waals surface area contributed by atoms with Crippen molar-refractivity contribution in [1.29, 1.82) is 0 Å². The Labute approximate surface area is 127 Å². The lowest BCUT2D eigenvalue weighted by Crippen LogP contribution is -2.42. The molecule has 0 aliphatic carbocycles. The number of carbonyl (C=O) groups excluding carboxylic acids is 1. The Balaban J connectivity index is 1.57. The normalized spacial score (nSPS) is 33.5. The third-order valence-electron chi connectivity index (χ3n) is 5.10. The maximum atomic E-state index is 12.2. The molecule has 0 radical (unpaired) electrons. The van der Waals surface area contributed by atoms with E-state index < -0.39 is 0 Å². The fraction of sp³-hybridized carbons (Fsp3) is 0.938. The Morgan fingerprint density at radius 2 is 2.10 bits per heavy atom. The van der Waals surface area contributed by atoms with Crippen molar-refractivity contribution >= 4 is 6.09 Å². The van der Waals surface area contributed by atoms with Gasteiger partial charge in [-0.25, -0.2) is 4.79 Å². The van der Waals surface area contributed by atoms with Crippen LogP contribution in [0.25, 0.3) is 0 Å². The Bertz CT molecular complexity index is 382. The third kappa shape index (κ3) is 3.19. The molecule has 0 bridgehead atoms. The van der Waals surface area contributed by atoms with Crippen LogP contribution in [0.15, 0.2) is 0 Å². The zero-order valence-electron chi connectivity index (χ0n) is 13.3. The predicted octanol–water partition coefficient (Wildman–Crippen LogP) is 2.11. The molecule has 0 aromatic rings. The van der Waals surface area contributed by atoms with Gasteiger partial charge >= 0.3 is 6.09 Å². The number of amides is 1. The summed E-state index contributed by atoms with van der Waals surface area (Å²) in [5.74, 6) is 0.694. The van der Waals surface area contributed by atoms with Gasteiger partial charge in [0.2, 0.25) is 0 Å². The molecule has 5 nitrogen and oxygen atoms in total. The minimum atomic E-state index is -0.149. The summed E-state index contributed by atoms with van der Waals surface area (Å²) in [5, 5.41) is 0. The minimum Gasteiger partial charge on any atom is -0.445 e. The van der Waals surface area contributed by atoms with E-state index in [1.54, 1.807) is 4.90 Å². The highest BCUT2D eigenvalue weighted by Crippen LogP contribution is 2.44. The van der Waals surface area contributed by atoms with Crippen LogP contribution in [0.4, 0.5) is 4.79 Å². The van der Waals surface area contributed by atoms with E-state index in [-0.39, 0.29) is 12.2 Å². The molecule has 2 atom stereocenters. The zero-order chi connectivity index (χ0) is 14.9. The predicted molar refractivity (Wildman–Crippen MR) is 80.3 cm³/mol. The zero-order valence-corrected chi connectivity index (χ0v) is 13.3. The maximum absolute atomic E-state index is 12.2. The van der Waals surface area contributed by atoms with Crippen LogP contribution in [-0.4, -0.2) is 66.9 Å². The first kappa shape index (κ1) is 15.1. The Morgan fingerprint density at radius 1 is 1.33 bits per heavy atom. The molecule has 3 fully saturated rings. The smallest absolute Gasteiger partial charge is 0.410 e. The van der Waals surface area contributed by atoms with E-state index >= 15 is 0 Å². The molecule has 0 N–H and O–H groups in total. The van der Waals surface area contributed by atoms with Crippen molar-refractivity contribution < 1.29 is 14.3 Å². The average Bonchev–Trinajstić information content (AvgIpc) is 2.94. The molecule has 0 unspecified atom stereocenters. The van der Waals surface area contributed by atoms with Gasteiger partial charge in [-0.15, -0.1) is 0 Å². The highest BCUT2D eigenvalue weighted by Gasteiger charge is 2.49. The molecule has 3 aliphatic rings. The lowest BCUT2D eigenvalue weighted by molar-refractivity contribution is 0.0137. The number of nitrogens with zero attached hydrogens (tertiary/aromatic N) is 2. The maximum Gasteiger partial charge on any atom is 0.410 e. The second kappa shape index (κ2) is 6.13. The molecule has 1 amide bonds. The van der Waals surface area contributed by atoms with Gasteiger partial charge in [-0.1, -0.05) is 13.8 Å². The highest BCUT2D eigenvalue weighted by molar-refractivity contribution is 5.68. The van der Waals surface area contributed by atoms with Crippen LogP contribution in [-0.2, 0) is 9.47 Å². The summed E-state index contributed by atoms with van der Waals surface area (Å²) in [6.07, 6.45) is 4.71. The number of carbonyl (C=O) groups is 1. The molecule has 0 aromatic heterocycles. The van der Waals surface area contributed by atoms with Crippen molar-refractivity contribution in [3.63, 3.8) is 0 Å². The van der Waals surface area contributed by atoms with E-state index in [1.165, 1.54) is 25.8 Å². The van der Waals surface area contributed by atoms with E-state index in [4.69, 9.17) is 9.47 Å². The molecule has 3 heterocycles. The number of hydrogen-bond donors (Lipinski definition) is 0. The van der Waals surface area contributed by atoms with Crippen molar-refractivity contribution in [3.05, 3.63) is 0 Å². The van der Waals surface area contributed by atoms with Crippen LogP contribution in [0.1, 0.15) is 39.5 Å². The summed E-state index contributed by atoms with van der Waals surface area (Å²) in [5.41, 5.74) is 0.296. The van der Waals surface area contributed by atoms with Crippen LogP contribution in [0.2, 0.25) is 0 Å². The molecular weight excluding hydrogens is 268 g/mol. The van der Waals surface area contributed by atoms with Crippen molar-refractivity contribution in [2.75, 3.05) is 39.4 Å². The quantitative estimate of drug-likeness (QED) is 0.800. The van der Waals surface area contributed by atoms with Gasteiger partial charge in [0, 0.05) is 31.6 Å². The van der Waals surface area contributed by atoms with E-state index in [0.29, 0.717) is 37.8 Å². The lowest BCUT2D eigenvalue weighted by atomic mass is 9.85. The lowest BCUT2D eigenvalue weighted by Gasteiger charge is -2.33. The SMILES string of the molecule is CC(C)C[C@@]12CCCN1C[C@H](OC(=O)N1CCOCC1)C2. The summed E-state index contributed by atoms with van der Waals surface area (Å²) >= 11 is 0. The summed E-state index contributed by atoms with van der Waals surface area (Å²) < 4.78 is 11.1. The van der Waals surface area contributed by atoms with Gasteiger partial charge in [0.15, 0.2) is 0 Å². The van der Waals surface area contributed by atoms with Crippen LogP contribution in [0.3, 0.4) is 0 Å². The van der Waals surface area contributed by atoms with Crippen LogP contribution >= 0.6 is 0 Å². The highest BCUT2D eigenvalue weighted by atomic mass is 16.6. The summed E-state index contributed by atoms with van der Waals surface area (Å²) in [6.45, 7) is 9.24. The van der Waals surface area contributed by atoms with Crippen molar-refractivity contribution in [1.82, 2.24) is 9.80 Å². The Morgan fingerprint density at radius 3 is 2.81 bits per heavy atom. The van der Waals surface area contributed by atoms with Gasteiger partial charge in [0.1, 0.15) is 6.10 Å². The van der Waals surface area contributed by atoms with E-state index in [9.17, 15) is 4.79 Å². The number of morpholine rings is 1. The molecule has 3 rings (SSSR count). The number of rotatable bonds is 3. The van der Waals surface area contributed by atoms with Gasteiger partial charge in [-0.3, -0.25) is 4.90 Å². The molecule has 3 saturated heterocycles. The molecule has 3 aliphatic heterocycles. The van der Waals surface area contributed by atoms with Gasteiger partial charge in [0.05, 0.1) is 13.2 Å². The topological polar surface area (TPSA) is 42.0 Å². The molecule has 0 aromatic carbocycles. The fourth-order valence-electron chi connectivity index (χ4n) is 4.36. The Hall–Kier alpha value is -0.810. The Kier molecular flexibility index (Phi) is 4.41. The number of ether oxygens (including phenoxy) is 2. The molecule has 0 saturated carbocycles. The summed E-state index contributed by atoms with van der Waals surface area (Å²) in [4.78, 5) is 16.6. The van der Waals surface area contributed by atoms with Crippen LogP contribution in [0.5, 0.6) is 0 Å². The number of hydrogen-bond acceptors (Lipinski definition) is 4. The molecule has 5 heteroatoms. The minimum absolute atomic E-state index is 0.0689.